The average molecular weight is 346 g/mol. The van der Waals surface area contributed by atoms with Crippen molar-refractivity contribution in [1.82, 2.24) is 15.2 Å². The second-order valence-electron chi connectivity index (χ2n) is 7.77. The number of aromatic nitrogens is 2. The molecular formula is C18H26N4O3. The van der Waals surface area contributed by atoms with Crippen molar-refractivity contribution in [3.63, 3.8) is 0 Å². The number of methoxy groups -OCH3 is 1. The lowest BCUT2D eigenvalue weighted by atomic mass is 9.70. The number of amides is 1. The van der Waals surface area contributed by atoms with Gasteiger partial charge in [-0.3, -0.25) is 9.59 Å². The van der Waals surface area contributed by atoms with Gasteiger partial charge in [-0.2, -0.15) is 10.2 Å². The molecule has 136 valence electrons. The maximum Gasteiger partial charge on any atom is 0.291 e. The highest BCUT2D eigenvalue weighted by Gasteiger charge is 2.60. The zero-order valence-corrected chi connectivity index (χ0v) is 15.3. The largest absolute Gasteiger partial charge is 0.383 e. The van der Waals surface area contributed by atoms with Crippen LogP contribution in [0.4, 0.5) is 0 Å². The molecule has 0 aromatic carbocycles. The summed E-state index contributed by atoms with van der Waals surface area (Å²) in [6.45, 7) is 7.49. The molecule has 1 aromatic heterocycles. The van der Waals surface area contributed by atoms with E-state index >= 15 is 0 Å². The van der Waals surface area contributed by atoms with Gasteiger partial charge in [0.15, 0.2) is 5.69 Å². The molecule has 0 saturated heterocycles. The molecule has 0 spiro atoms. The Hall–Kier alpha value is -2.02. The quantitative estimate of drug-likeness (QED) is 0.824. The molecule has 2 atom stereocenters. The summed E-state index contributed by atoms with van der Waals surface area (Å²) in [6, 6.07) is 2.76. The Kier molecular flexibility index (Phi) is 4.53. The summed E-state index contributed by atoms with van der Waals surface area (Å²) in [4.78, 5) is 24.1. The first kappa shape index (κ1) is 17.8. The molecule has 2 fully saturated rings. The Labute approximate surface area is 147 Å². The molecule has 2 bridgehead atoms. The molecular weight excluding hydrogens is 320 g/mol. The van der Waals surface area contributed by atoms with Crippen molar-refractivity contribution in [3.05, 3.63) is 28.2 Å². The van der Waals surface area contributed by atoms with Crippen LogP contribution in [-0.2, 0) is 11.3 Å². The number of fused-ring (bicyclic) bond motifs is 2. The predicted molar refractivity (Wildman–Crippen MR) is 94.5 cm³/mol. The Morgan fingerprint density at radius 1 is 1.44 bits per heavy atom. The van der Waals surface area contributed by atoms with Gasteiger partial charge in [-0.05, 0) is 36.7 Å². The number of carbonyl (C=O) groups is 1. The summed E-state index contributed by atoms with van der Waals surface area (Å²) < 4.78 is 6.18. The number of nitrogens with zero attached hydrogens (tertiary/aromatic N) is 3. The van der Waals surface area contributed by atoms with E-state index < -0.39 is 5.91 Å². The molecule has 2 aliphatic rings. The zero-order chi connectivity index (χ0) is 18.2. The van der Waals surface area contributed by atoms with Crippen LogP contribution >= 0.6 is 0 Å². The van der Waals surface area contributed by atoms with Crippen molar-refractivity contribution < 1.29 is 9.53 Å². The molecule has 7 nitrogen and oxygen atoms in total. The third-order valence-corrected chi connectivity index (χ3v) is 6.41. The second-order valence-corrected chi connectivity index (χ2v) is 7.77. The molecule has 2 aliphatic carbocycles. The number of hydrogen-bond donors (Lipinski definition) is 1. The van der Waals surface area contributed by atoms with Gasteiger partial charge in [0.1, 0.15) is 0 Å². The van der Waals surface area contributed by atoms with E-state index in [9.17, 15) is 9.59 Å². The van der Waals surface area contributed by atoms with Crippen molar-refractivity contribution in [3.8, 4) is 0 Å². The predicted octanol–water partition coefficient (Wildman–Crippen LogP) is 1.82. The van der Waals surface area contributed by atoms with Crippen LogP contribution in [0.2, 0.25) is 0 Å². The van der Waals surface area contributed by atoms with Crippen molar-refractivity contribution in [2.45, 2.75) is 46.6 Å². The van der Waals surface area contributed by atoms with Gasteiger partial charge >= 0.3 is 0 Å². The van der Waals surface area contributed by atoms with E-state index in [2.05, 4.69) is 36.4 Å². The fraction of sp³-hybridized carbons (Fsp3) is 0.667. The Balaban J connectivity index is 1.75. The minimum absolute atomic E-state index is 0.0373. The lowest BCUT2D eigenvalue weighted by Crippen LogP contribution is -2.34. The molecule has 3 rings (SSSR count). The van der Waals surface area contributed by atoms with Gasteiger partial charge in [-0.15, -0.1) is 0 Å². The topological polar surface area (TPSA) is 85.6 Å². The van der Waals surface area contributed by atoms with Crippen LogP contribution in [0, 0.1) is 16.7 Å². The maximum atomic E-state index is 12.4. The summed E-state index contributed by atoms with van der Waals surface area (Å²) in [5, 5.41) is 8.52. The number of rotatable bonds is 5. The van der Waals surface area contributed by atoms with Gasteiger partial charge in [-0.25, -0.2) is 10.1 Å². The number of carbonyl (C=O) groups excluding carboxylic acids is 1. The average Bonchev–Trinajstić information content (AvgIpc) is 2.92. The highest BCUT2D eigenvalue weighted by Crippen LogP contribution is 2.63. The van der Waals surface area contributed by atoms with Crippen molar-refractivity contribution in [2.24, 2.45) is 21.8 Å². The van der Waals surface area contributed by atoms with E-state index in [-0.39, 0.29) is 22.1 Å². The van der Waals surface area contributed by atoms with Crippen molar-refractivity contribution in [2.75, 3.05) is 13.7 Å². The summed E-state index contributed by atoms with van der Waals surface area (Å²) in [6.07, 6.45) is 3.27. The zero-order valence-electron chi connectivity index (χ0n) is 15.3. The van der Waals surface area contributed by atoms with E-state index in [4.69, 9.17) is 4.74 Å². The van der Waals surface area contributed by atoms with E-state index in [0.717, 1.165) is 18.6 Å². The number of ether oxygens (including phenoxy) is 1. The van der Waals surface area contributed by atoms with Crippen LogP contribution < -0.4 is 11.0 Å². The normalized spacial score (nSPS) is 28.5. The van der Waals surface area contributed by atoms with Crippen LogP contribution in [0.5, 0.6) is 0 Å². The van der Waals surface area contributed by atoms with Crippen LogP contribution in [0.25, 0.3) is 0 Å². The van der Waals surface area contributed by atoms with Crippen molar-refractivity contribution >= 4 is 11.6 Å². The van der Waals surface area contributed by atoms with Gasteiger partial charge in [0, 0.05) is 24.3 Å². The minimum atomic E-state index is -0.400. The Bertz CT molecular complexity index is 768. The molecule has 1 heterocycles. The van der Waals surface area contributed by atoms with Crippen LogP contribution in [-0.4, -0.2) is 35.1 Å². The Morgan fingerprint density at radius 3 is 2.80 bits per heavy atom. The summed E-state index contributed by atoms with van der Waals surface area (Å²) in [5.41, 5.74) is 3.86. The monoisotopic (exact) mass is 346 g/mol. The van der Waals surface area contributed by atoms with Gasteiger partial charge in [0.05, 0.1) is 13.2 Å². The van der Waals surface area contributed by atoms with E-state index in [1.54, 1.807) is 7.11 Å². The van der Waals surface area contributed by atoms with Gasteiger partial charge < -0.3 is 4.74 Å². The standard InChI is InChI=1S/C18H26N4O3/c1-17(2)12-7-8-18(17,3)14(11-12)19-20-16(24)13-5-6-15(23)22(21-13)9-10-25-4/h5-6,12H,7-11H2,1-4H3,(H,20,24)/b19-14-. The summed E-state index contributed by atoms with van der Waals surface area (Å²) in [5.74, 6) is 0.227. The molecule has 1 N–H and O–H groups in total. The molecule has 1 aromatic rings. The van der Waals surface area contributed by atoms with Crippen molar-refractivity contribution in [1.29, 1.82) is 0 Å². The SMILES string of the molecule is COCCn1nc(C(=O)N/N=C2/CC3CCC2(C)C3(C)C)ccc1=O. The van der Waals surface area contributed by atoms with E-state index in [1.807, 2.05) is 0 Å². The summed E-state index contributed by atoms with van der Waals surface area (Å²) in [7, 11) is 1.55. The van der Waals surface area contributed by atoms with Crippen LogP contribution in [0.3, 0.4) is 0 Å². The van der Waals surface area contributed by atoms with Gasteiger partial charge in [0.25, 0.3) is 11.5 Å². The third-order valence-electron chi connectivity index (χ3n) is 6.41. The van der Waals surface area contributed by atoms with Crippen LogP contribution in [0.15, 0.2) is 22.0 Å². The highest BCUT2D eigenvalue weighted by molar-refractivity contribution is 5.97. The molecule has 1 amide bonds. The number of hydrazone groups is 1. The summed E-state index contributed by atoms with van der Waals surface area (Å²) >= 11 is 0. The maximum absolute atomic E-state index is 12.4. The molecule has 0 radical (unpaired) electrons. The fourth-order valence-electron chi connectivity index (χ4n) is 4.18. The smallest absolute Gasteiger partial charge is 0.291 e. The second kappa shape index (κ2) is 6.37. The molecule has 2 unspecified atom stereocenters. The first-order valence-electron chi connectivity index (χ1n) is 8.74. The first-order valence-corrected chi connectivity index (χ1v) is 8.74. The lowest BCUT2D eigenvalue weighted by molar-refractivity contribution is 0.0945. The third kappa shape index (κ3) is 2.90. The molecule has 25 heavy (non-hydrogen) atoms. The van der Waals surface area contributed by atoms with Crippen LogP contribution in [0.1, 0.15) is 50.5 Å². The first-order chi connectivity index (χ1) is 11.8. The minimum Gasteiger partial charge on any atom is -0.383 e. The highest BCUT2D eigenvalue weighted by atomic mass is 16.5. The fourth-order valence-corrected chi connectivity index (χ4v) is 4.18. The molecule has 7 heteroatoms. The lowest BCUT2D eigenvalue weighted by Gasteiger charge is -2.34. The molecule has 2 saturated carbocycles. The number of nitrogens with one attached hydrogen (secondary N) is 1. The van der Waals surface area contributed by atoms with Gasteiger partial charge in [0.2, 0.25) is 0 Å². The number of hydrogen-bond acceptors (Lipinski definition) is 5. The van der Waals surface area contributed by atoms with E-state index in [0.29, 0.717) is 19.1 Å². The Morgan fingerprint density at radius 2 is 2.20 bits per heavy atom. The van der Waals surface area contributed by atoms with E-state index in [1.165, 1.54) is 23.2 Å². The molecule has 0 aliphatic heterocycles. The van der Waals surface area contributed by atoms with Gasteiger partial charge in [-0.1, -0.05) is 20.8 Å².